The van der Waals surface area contributed by atoms with Gasteiger partial charge < -0.3 is 10.1 Å². The summed E-state index contributed by atoms with van der Waals surface area (Å²) in [5.41, 5.74) is 3.85. The van der Waals surface area contributed by atoms with Crippen LogP contribution in [0.4, 0.5) is 5.69 Å². The molecular formula is C22H19NO2. The Morgan fingerprint density at radius 1 is 0.880 bits per heavy atom. The Bertz CT molecular complexity index is 887. The molecule has 2 atom stereocenters. The number of carbonyl (C=O) groups excluding carboxylic acids is 1. The predicted molar refractivity (Wildman–Crippen MR) is 99.2 cm³/mol. The molecule has 0 aromatic heterocycles. The molecule has 0 saturated carbocycles. The highest BCUT2D eigenvalue weighted by Crippen LogP contribution is 2.39. The van der Waals surface area contributed by atoms with Crippen molar-refractivity contribution in [3.05, 3.63) is 95.6 Å². The Morgan fingerprint density at radius 3 is 2.32 bits per heavy atom. The lowest BCUT2D eigenvalue weighted by molar-refractivity contribution is 0.0802. The van der Waals surface area contributed by atoms with E-state index in [-0.39, 0.29) is 11.8 Å². The number of carbonyl (C=O) groups is 1. The second kappa shape index (κ2) is 6.44. The van der Waals surface area contributed by atoms with Crippen LogP contribution in [0.2, 0.25) is 0 Å². The van der Waals surface area contributed by atoms with Gasteiger partial charge >= 0.3 is 0 Å². The molecule has 3 aromatic carbocycles. The average molecular weight is 329 g/mol. The first-order valence-corrected chi connectivity index (χ1v) is 8.40. The lowest BCUT2D eigenvalue weighted by atomic mass is 9.96. The van der Waals surface area contributed by atoms with Crippen LogP contribution in [0.1, 0.15) is 27.5 Å². The van der Waals surface area contributed by atoms with Crippen LogP contribution in [0.15, 0.2) is 78.9 Å². The van der Waals surface area contributed by atoms with Crippen LogP contribution < -0.4 is 10.1 Å². The number of Topliss-reactive ketones (excluding diaryl/α,β-unsaturated/α-hetero) is 1. The molecule has 3 heteroatoms. The molecule has 0 fully saturated rings. The second-order valence-corrected chi connectivity index (χ2v) is 6.29. The van der Waals surface area contributed by atoms with Gasteiger partial charge in [-0.25, -0.2) is 0 Å². The van der Waals surface area contributed by atoms with Gasteiger partial charge in [0.05, 0.1) is 6.04 Å². The Kier molecular flexibility index (Phi) is 3.98. The highest BCUT2D eigenvalue weighted by atomic mass is 16.5. The monoisotopic (exact) mass is 329 g/mol. The van der Waals surface area contributed by atoms with Gasteiger partial charge in [0.25, 0.3) is 0 Å². The number of aryl methyl sites for hydroxylation is 1. The van der Waals surface area contributed by atoms with Crippen LogP contribution in [0, 0.1) is 6.92 Å². The number of para-hydroxylation sites is 1. The molecule has 4 rings (SSSR count). The largest absolute Gasteiger partial charge is 0.479 e. The van der Waals surface area contributed by atoms with Crippen molar-refractivity contribution in [2.24, 2.45) is 0 Å². The number of fused-ring (bicyclic) bond motifs is 1. The summed E-state index contributed by atoms with van der Waals surface area (Å²) in [5.74, 6) is 0.753. The number of benzene rings is 3. The number of anilines is 1. The maximum atomic E-state index is 13.0. The maximum absolute atomic E-state index is 13.0. The van der Waals surface area contributed by atoms with Gasteiger partial charge in [0, 0.05) is 16.8 Å². The Hall–Kier alpha value is -3.07. The van der Waals surface area contributed by atoms with Crippen LogP contribution in [0.3, 0.4) is 0 Å². The molecule has 0 bridgehead atoms. The van der Waals surface area contributed by atoms with Crippen LogP contribution in [-0.2, 0) is 0 Å². The van der Waals surface area contributed by atoms with Crippen LogP contribution >= 0.6 is 0 Å². The number of ether oxygens (including phenoxy) is 1. The zero-order valence-corrected chi connectivity index (χ0v) is 14.0. The van der Waals surface area contributed by atoms with Gasteiger partial charge in [-0.2, -0.15) is 0 Å². The van der Waals surface area contributed by atoms with Gasteiger partial charge in [-0.15, -0.1) is 0 Å². The SMILES string of the molecule is Cc1ccc(NC2c3ccccc3OC2C(=O)c2ccccc2)cc1. The Labute approximate surface area is 147 Å². The van der Waals surface area contributed by atoms with E-state index in [1.165, 1.54) is 5.56 Å². The minimum absolute atomic E-state index is 0.0126. The molecule has 2 unspecified atom stereocenters. The van der Waals surface area contributed by atoms with Crippen molar-refractivity contribution >= 4 is 11.5 Å². The normalized spacial score (nSPS) is 18.3. The fraction of sp³-hybridized carbons (Fsp3) is 0.136. The van der Waals surface area contributed by atoms with Crippen LogP contribution in [0.5, 0.6) is 5.75 Å². The molecule has 1 heterocycles. The van der Waals surface area contributed by atoms with E-state index in [2.05, 4.69) is 24.4 Å². The molecule has 25 heavy (non-hydrogen) atoms. The lowest BCUT2D eigenvalue weighted by Crippen LogP contribution is -2.33. The highest BCUT2D eigenvalue weighted by Gasteiger charge is 2.39. The topological polar surface area (TPSA) is 38.3 Å². The summed E-state index contributed by atoms with van der Waals surface area (Å²) >= 11 is 0. The van der Waals surface area contributed by atoms with Crippen molar-refractivity contribution in [3.8, 4) is 5.75 Å². The summed E-state index contributed by atoms with van der Waals surface area (Å²) in [6.07, 6.45) is -0.582. The van der Waals surface area contributed by atoms with Crippen molar-refractivity contribution in [1.82, 2.24) is 0 Å². The van der Waals surface area contributed by atoms with Crippen molar-refractivity contribution in [1.29, 1.82) is 0 Å². The fourth-order valence-corrected chi connectivity index (χ4v) is 3.17. The first kappa shape index (κ1) is 15.5. The minimum atomic E-state index is -0.582. The molecule has 3 aromatic rings. The van der Waals surface area contributed by atoms with Crippen LogP contribution in [0.25, 0.3) is 0 Å². The van der Waals surface area contributed by atoms with E-state index in [0.29, 0.717) is 5.56 Å². The third-order valence-corrected chi connectivity index (χ3v) is 4.50. The summed E-state index contributed by atoms with van der Waals surface area (Å²) in [6, 6.07) is 25.1. The van der Waals surface area contributed by atoms with E-state index in [1.54, 1.807) is 0 Å². The number of nitrogens with one attached hydrogen (secondary N) is 1. The zero-order valence-electron chi connectivity index (χ0n) is 14.0. The molecule has 0 aliphatic carbocycles. The number of hydrogen-bond donors (Lipinski definition) is 1. The summed E-state index contributed by atoms with van der Waals surface area (Å²) < 4.78 is 6.02. The number of rotatable bonds is 4. The standard InChI is InChI=1S/C22H19NO2/c1-15-11-13-17(14-12-15)23-20-18-9-5-6-10-19(18)25-22(20)21(24)16-7-3-2-4-8-16/h2-14,20,22-23H,1H3. The van der Waals surface area contributed by atoms with Gasteiger partial charge in [-0.05, 0) is 25.1 Å². The molecule has 124 valence electrons. The van der Waals surface area contributed by atoms with Gasteiger partial charge in [0.1, 0.15) is 5.75 Å². The first-order chi connectivity index (χ1) is 12.2. The zero-order chi connectivity index (χ0) is 17.2. The summed E-state index contributed by atoms with van der Waals surface area (Å²) in [7, 11) is 0. The molecular weight excluding hydrogens is 310 g/mol. The van der Waals surface area contributed by atoms with Crippen LogP contribution in [-0.4, -0.2) is 11.9 Å². The quantitative estimate of drug-likeness (QED) is 0.699. The van der Waals surface area contributed by atoms with Gasteiger partial charge in [0.2, 0.25) is 5.78 Å². The minimum Gasteiger partial charge on any atom is -0.479 e. The van der Waals surface area contributed by atoms with E-state index in [0.717, 1.165) is 17.0 Å². The summed E-state index contributed by atoms with van der Waals surface area (Å²) in [6.45, 7) is 2.06. The van der Waals surface area contributed by atoms with Crippen molar-refractivity contribution in [2.75, 3.05) is 5.32 Å². The third-order valence-electron chi connectivity index (χ3n) is 4.50. The summed E-state index contributed by atoms with van der Waals surface area (Å²) in [5, 5.41) is 3.48. The number of hydrogen-bond acceptors (Lipinski definition) is 3. The average Bonchev–Trinajstić information content (AvgIpc) is 3.02. The fourth-order valence-electron chi connectivity index (χ4n) is 3.17. The summed E-state index contributed by atoms with van der Waals surface area (Å²) in [4.78, 5) is 13.0. The highest BCUT2D eigenvalue weighted by molar-refractivity contribution is 6.01. The smallest absolute Gasteiger partial charge is 0.205 e. The van der Waals surface area contributed by atoms with Crippen molar-refractivity contribution in [3.63, 3.8) is 0 Å². The van der Waals surface area contributed by atoms with E-state index < -0.39 is 6.10 Å². The molecule has 0 spiro atoms. The molecule has 1 aliphatic heterocycles. The van der Waals surface area contributed by atoms with E-state index in [1.807, 2.05) is 66.7 Å². The Balaban J connectivity index is 1.68. The lowest BCUT2D eigenvalue weighted by Gasteiger charge is -2.21. The van der Waals surface area contributed by atoms with Gasteiger partial charge in [-0.1, -0.05) is 66.2 Å². The molecule has 3 nitrogen and oxygen atoms in total. The van der Waals surface area contributed by atoms with Crippen molar-refractivity contribution < 1.29 is 9.53 Å². The molecule has 0 saturated heterocycles. The second-order valence-electron chi connectivity index (χ2n) is 6.29. The first-order valence-electron chi connectivity index (χ1n) is 8.40. The molecule has 1 aliphatic rings. The third kappa shape index (κ3) is 3.01. The van der Waals surface area contributed by atoms with Gasteiger partial charge in [0.15, 0.2) is 6.10 Å². The van der Waals surface area contributed by atoms with E-state index in [9.17, 15) is 4.79 Å². The van der Waals surface area contributed by atoms with Gasteiger partial charge in [-0.3, -0.25) is 4.79 Å². The maximum Gasteiger partial charge on any atom is 0.205 e. The molecule has 1 N–H and O–H groups in total. The molecule has 0 radical (unpaired) electrons. The van der Waals surface area contributed by atoms with E-state index >= 15 is 0 Å². The molecule has 0 amide bonds. The predicted octanol–water partition coefficient (Wildman–Crippen LogP) is 4.79. The van der Waals surface area contributed by atoms with E-state index in [4.69, 9.17) is 4.74 Å². The number of ketones is 1. The Morgan fingerprint density at radius 2 is 1.56 bits per heavy atom. The van der Waals surface area contributed by atoms with Crippen molar-refractivity contribution in [2.45, 2.75) is 19.1 Å².